The number of imidazole rings is 1. The first kappa shape index (κ1) is 14.1. The van der Waals surface area contributed by atoms with E-state index in [1.807, 2.05) is 10.6 Å². The van der Waals surface area contributed by atoms with Gasteiger partial charge < -0.3 is 5.32 Å². The summed E-state index contributed by atoms with van der Waals surface area (Å²) >= 11 is 3.30. The second-order valence-corrected chi connectivity index (χ2v) is 5.34. The van der Waals surface area contributed by atoms with E-state index in [2.05, 4.69) is 31.2 Å². The number of aromatic nitrogens is 3. The van der Waals surface area contributed by atoms with Crippen molar-refractivity contribution in [3.05, 3.63) is 64.3 Å². The van der Waals surface area contributed by atoms with Crippen LogP contribution in [0.1, 0.15) is 11.3 Å². The average molecular weight is 353 g/mol. The highest BCUT2D eigenvalue weighted by molar-refractivity contribution is 9.10. The van der Waals surface area contributed by atoms with Crippen molar-refractivity contribution in [3.8, 4) is 0 Å². The highest BCUT2D eigenvalue weighted by atomic mass is 79.9. The zero-order valence-electron chi connectivity index (χ0n) is 10.9. The molecule has 2 heterocycles. The van der Waals surface area contributed by atoms with Crippen molar-refractivity contribution >= 4 is 21.6 Å². The minimum absolute atomic E-state index is 0.239. The molecule has 7 heteroatoms. The Balaban J connectivity index is 1.72. The standard InChI is InChI=1S/C14H11BrF2N4/c15-13-8-21-11(6-20-14(21)7-19-13)5-18-4-9-3-10(16)1-2-12(9)17/h1-3,6-8,18H,4-5H2. The smallest absolute Gasteiger partial charge is 0.155 e. The lowest BCUT2D eigenvalue weighted by molar-refractivity contribution is 0.566. The van der Waals surface area contributed by atoms with E-state index in [-0.39, 0.29) is 6.54 Å². The number of benzene rings is 1. The number of fused-ring (bicyclic) bond motifs is 1. The van der Waals surface area contributed by atoms with Crippen LogP contribution >= 0.6 is 15.9 Å². The maximum atomic E-state index is 13.5. The van der Waals surface area contributed by atoms with Crippen molar-refractivity contribution in [3.63, 3.8) is 0 Å². The Morgan fingerprint density at radius 3 is 2.86 bits per heavy atom. The van der Waals surface area contributed by atoms with Gasteiger partial charge in [-0.3, -0.25) is 4.40 Å². The highest BCUT2D eigenvalue weighted by Gasteiger charge is 2.06. The van der Waals surface area contributed by atoms with Gasteiger partial charge in [0.15, 0.2) is 5.65 Å². The third kappa shape index (κ3) is 3.08. The summed E-state index contributed by atoms with van der Waals surface area (Å²) in [7, 11) is 0. The molecule has 21 heavy (non-hydrogen) atoms. The van der Waals surface area contributed by atoms with Crippen LogP contribution in [-0.4, -0.2) is 14.4 Å². The Morgan fingerprint density at radius 1 is 1.14 bits per heavy atom. The SMILES string of the molecule is Fc1ccc(F)c(CNCc2cnc3cnc(Br)cn23)c1. The molecule has 0 radical (unpaired) electrons. The molecule has 0 aliphatic rings. The van der Waals surface area contributed by atoms with Gasteiger partial charge in [-0.15, -0.1) is 0 Å². The molecule has 0 saturated carbocycles. The lowest BCUT2D eigenvalue weighted by Gasteiger charge is -2.06. The van der Waals surface area contributed by atoms with Crippen molar-refractivity contribution < 1.29 is 8.78 Å². The quantitative estimate of drug-likeness (QED) is 0.784. The van der Waals surface area contributed by atoms with Gasteiger partial charge in [0.05, 0.1) is 18.1 Å². The lowest BCUT2D eigenvalue weighted by Crippen LogP contribution is -2.15. The Bertz CT molecular complexity index is 788. The first-order chi connectivity index (χ1) is 10.1. The number of nitrogens with zero attached hydrogens (tertiary/aromatic N) is 3. The second-order valence-electron chi connectivity index (χ2n) is 4.53. The van der Waals surface area contributed by atoms with Gasteiger partial charge in [-0.1, -0.05) is 0 Å². The molecule has 0 spiro atoms. The number of rotatable bonds is 4. The molecule has 1 N–H and O–H groups in total. The van der Waals surface area contributed by atoms with Crippen molar-refractivity contribution in [2.24, 2.45) is 0 Å². The Morgan fingerprint density at radius 2 is 2.00 bits per heavy atom. The average Bonchev–Trinajstić information content (AvgIpc) is 2.85. The van der Waals surface area contributed by atoms with E-state index < -0.39 is 11.6 Å². The molecule has 0 saturated heterocycles. The van der Waals surface area contributed by atoms with Gasteiger partial charge in [-0.2, -0.15) is 0 Å². The van der Waals surface area contributed by atoms with Crippen LogP contribution in [0.15, 0.2) is 41.4 Å². The van der Waals surface area contributed by atoms with Crippen LogP contribution in [0.3, 0.4) is 0 Å². The zero-order valence-corrected chi connectivity index (χ0v) is 12.4. The first-order valence-corrected chi connectivity index (χ1v) is 7.05. The molecule has 0 bridgehead atoms. The fourth-order valence-electron chi connectivity index (χ4n) is 2.05. The summed E-state index contributed by atoms with van der Waals surface area (Å²) in [5.41, 5.74) is 1.93. The van der Waals surface area contributed by atoms with E-state index in [1.165, 1.54) is 6.07 Å². The van der Waals surface area contributed by atoms with Crippen LogP contribution in [0, 0.1) is 11.6 Å². The van der Waals surface area contributed by atoms with E-state index in [4.69, 9.17) is 0 Å². The fourth-order valence-corrected chi connectivity index (χ4v) is 2.36. The molecular weight excluding hydrogens is 342 g/mol. The van der Waals surface area contributed by atoms with E-state index in [9.17, 15) is 8.78 Å². The molecule has 0 atom stereocenters. The van der Waals surface area contributed by atoms with E-state index in [0.29, 0.717) is 16.7 Å². The lowest BCUT2D eigenvalue weighted by atomic mass is 10.2. The summed E-state index contributed by atoms with van der Waals surface area (Å²) in [6.07, 6.45) is 5.18. The van der Waals surface area contributed by atoms with E-state index in [1.54, 1.807) is 12.4 Å². The summed E-state index contributed by atoms with van der Waals surface area (Å²) < 4.78 is 29.2. The van der Waals surface area contributed by atoms with Gasteiger partial charge in [0.25, 0.3) is 0 Å². The predicted octanol–water partition coefficient (Wildman–Crippen LogP) is 3.06. The molecule has 4 nitrogen and oxygen atoms in total. The van der Waals surface area contributed by atoms with Crippen LogP contribution in [-0.2, 0) is 13.1 Å². The van der Waals surface area contributed by atoms with Crippen molar-refractivity contribution in [2.75, 3.05) is 0 Å². The van der Waals surface area contributed by atoms with Crippen LogP contribution in [0.5, 0.6) is 0 Å². The monoisotopic (exact) mass is 352 g/mol. The fraction of sp³-hybridized carbons (Fsp3) is 0.143. The van der Waals surface area contributed by atoms with E-state index >= 15 is 0 Å². The topological polar surface area (TPSA) is 42.2 Å². The molecule has 0 fully saturated rings. The number of hydrogen-bond acceptors (Lipinski definition) is 3. The molecular formula is C14H11BrF2N4. The number of hydrogen-bond donors (Lipinski definition) is 1. The second kappa shape index (κ2) is 5.87. The molecule has 108 valence electrons. The van der Waals surface area contributed by atoms with Gasteiger partial charge in [0.2, 0.25) is 0 Å². The molecule has 2 aromatic heterocycles. The summed E-state index contributed by atoms with van der Waals surface area (Å²) in [6.45, 7) is 0.719. The van der Waals surface area contributed by atoms with Crippen LogP contribution in [0.2, 0.25) is 0 Å². The summed E-state index contributed by atoms with van der Waals surface area (Å²) in [5.74, 6) is -0.869. The largest absolute Gasteiger partial charge is 0.307 e. The molecule has 3 aromatic rings. The molecule has 3 rings (SSSR count). The van der Waals surface area contributed by atoms with Gasteiger partial charge in [0.1, 0.15) is 16.2 Å². The Hall–Kier alpha value is -1.86. The van der Waals surface area contributed by atoms with Crippen LogP contribution < -0.4 is 5.32 Å². The molecule has 1 aromatic carbocycles. The van der Waals surface area contributed by atoms with Gasteiger partial charge in [-0.25, -0.2) is 18.7 Å². The molecule has 0 aliphatic carbocycles. The van der Waals surface area contributed by atoms with Crippen molar-refractivity contribution in [2.45, 2.75) is 13.1 Å². The minimum atomic E-state index is -0.446. The summed E-state index contributed by atoms with van der Waals surface area (Å²) in [5, 5.41) is 3.08. The third-order valence-corrected chi connectivity index (χ3v) is 3.48. The third-order valence-electron chi connectivity index (χ3n) is 3.07. The van der Waals surface area contributed by atoms with E-state index in [0.717, 1.165) is 23.5 Å². The van der Waals surface area contributed by atoms with Gasteiger partial charge in [-0.05, 0) is 34.1 Å². The predicted molar refractivity (Wildman–Crippen MR) is 77.6 cm³/mol. The zero-order chi connectivity index (χ0) is 14.8. The van der Waals surface area contributed by atoms with Crippen molar-refractivity contribution in [1.82, 2.24) is 19.7 Å². The normalized spacial score (nSPS) is 11.2. The minimum Gasteiger partial charge on any atom is -0.307 e. The summed E-state index contributed by atoms with van der Waals surface area (Å²) in [4.78, 5) is 8.31. The molecule has 0 aliphatic heterocycles. The Labute approximate surface area is 128 Å². The Kier molecular flexibility index (Phi) is 3.94. The number of halogens is 3. The first-order valence-electron chi connectivity index (χ1n) is 6.25. The number of nitrogens with one attached hydrogen (secondary N) is 1. The van der Waals surface area contributed by atoms with Gasteiger partial charge >= 0.3 is 0 Å². The van der Waals surface area contributed by atoms with Crippen LogP contribution in [0.4, 0.5) is 8.78 Å². The summed E-state index contributed by atoms with van der Waals surface area (Å²) in [6, 6.07) is 3.43. The maximum Gasteiger partial charge on any atom is 0.155 e. The highest BCUT2D eigenvalue weighted by Crippen LogP contribution is 2.12. The van der Waals surface area contributed by atoms with Crippen LogP contribution in [0.25, 0.3) is 5.65 Å². The van der Waals surface area contributed by atoms with Gasteiger partial charge in [0, 0.05) is 24.8 Å². The van der Waals surface area contributed by atoms with Crippen molar-refractivity contribution in [1.29, 1.82) is 0 Å². The molecule has 0 amide bonds. The molecule has 0 unspecified atom stereocenters. The maximum absolute atomic E-state index is 13.5.